The molecule has 0 heterocycles. The first kappa shape index (κ1) is 13.0. The maximum absolute atomic E-state index is 13.9. The fourth-order valence-corrected chi connectivity index (χ4v) is 2.08. The molecule has 0 aliphatic rings. The summed E-state index contributed by atoms with van der Waals surface area (Å²) in [5, 5.41) is -1.06. The van der Waals surface area contributed by atoms with Gasteiger partial charge in [0.25, 0.3) is 0 Å². The summed E-state index contributed by atoms with van der Waals surface area (Å²) in [5.74, 6) is -1.76. The average Bonchev–Trinajstić information content (AvgIpc) is 2.35. The third kappa shape index (κ3) is 2.36. The lowest BCUT2D eigenvalue weighted by atomic mass is 10.0. The first-order valence-corrected chi connectivity index (χ1v) is 5.78. The van der Waals surface area contributed by atoms with Gasteiger partial charge in [-0.05, 0) is 30.7 Å². The number of benzene rings is 2. The molecule has 0 radical (unpaired) electrons. The molecule has 0 bridgehead atoms. The van der Waals surface area contributed by atoms with Crippen molar-refractivity contribution in [2.45, 2.75) is 12.3 Å². The summed E-state index contributed by atoms with van der Waals surface area (Å²) < 4.78 is 40.5. The van der Waals surface area contributed by atoms with E-state index in [9.17, 15) is 13.2 Å². The SMILES string of the molecule is Cc1cccc(C(Cl)c2cc(F)ccc2F)c1F. The van der Waals surface area contributed by atoms with Crippen LogP contribution in [0.4, 0.5) is 13.2 Å². The second-order valence-corrected chi connectivity index (χ2v) is 4.44. The van der Waals surface area contributed by atoms with Gasteiger partial charge in [-0.15, -0.1) is 11.6 Å². The quantitative estimate of drug-likeness (QED) is 0.692. The Morgan fingerprint density at radius 1 is 1.00 bits per heavy atom. The third-order valence-electron chi connectivity index (χ3n) is 2.73. The van der Waals surface area contributed by atoms with Crippen molar-refractivity contribution in [1.29, 1.82) is 0 Å². The van der Waals surface area contributed by atoms with E-state index in [0.29, 0.717) is 5.56 Å². The van der Waals surface area contributed by atoms with E-state index in [4.69, 9.17) is 11.6 Å². The van der Waals surface area contributed by atoms with Gasteiger partial charge < -0.3 is 0 Å². The van der Waals surface area contributed by atoms with Gasteiger partial charge in [-0.1, -0.05) is 18.2 Å². The van der Waals surface area contributed by atoms with E-state index < -0.39 is 22.8 Å². The van der Waals surface area contributed by atoms with Crippen molar-refractivity contribution >= 4 is 11.6 Å². The molecule has 0 aliphatic carbocycles. The van der Waals surface area contributed by atoms with Crippen molar-refractivity contribution in [3.63, 3.8) is 0 Å². The Bertz CT molecular complexity index is 579. The molecular weight excluding hydrogens is 261 g/mol. The zero-order chi connectivity index (χ0) is 13.3. The Morgan fingerprint density at radius 3 is 2.44 bits per heavy atom. The van der Waals surface area contributed by atoms with E-state index in [-0.39, 0.29) is 11.1 Å². The molecule has 2 rings (SSSR count). The van der Waals surface area contributed by atoms with E-state index in [0.717, 1.165) is 18.2 Å². The number of hydrogen-bond acceptors (Lipinski definition) is 0. The zero-order valence-corrected chi connectivity index (χ0v) is 10.3. The van der Waals surface area contributed by atoms with Crippen LogP contribution in [0.2, 0.25) is 0 Å². The highest BCUT2D eigenvalue weighted by Gasteiger charge is 2.20. The lowest BCUT2D eigenvalue weighted by molar-refractivity contribution is 0.578. The lowest BCUT2D eigenvalue weighted by Gasteiger charge is -2.13. The molecule has 1 atom stereocenters. The summed E-state index contributed by atoms with van der Waals surface area (Å²) in [6.45, 7) is 1.59. The van der Waals surface area contributed by atoms with Gasteiger partial charge in [-0.2, -0.15) is 0 Å². The van der Waals surface area contributed by atoms with Crippen LogP contribution in [0.1, 0.15) is 22.1 Å². The number of rotatable bonds is 2. The van der Waals surface area contributed by atoms with E-state index in [1.165, 1.54) is 6.07 Å². The van der Waals surface area contributed by atoms with E-state index in [1.807, 2.05) is 0 Å². The molecule has 2 aromatic carbocycles. The Hall–Kier alpha value is -1.48. The van der Waals surface area contributed by atoms with Crippen molar-refractivity contribution in [3.05, 3.63) is 70.5 Å². The minimum atomic E-state index is -1.06. The first-order valence-electron chi connectivity index (χ1n) is 5.34. The van der Waals surface area contributed by atoms with Crippen LogP contribution in [-0.2, 0) is 0 Å². The first-order chi connectivity index (χ1) is 8.50. The second kappa shape index (κ2) is 5.02. The topological polar surface area (TPSA) is 0 Å². The van der Waals surface area contributed by atoms with Gasteiger partial charge in [0, 0.05) is 11.1 Å². The normalized spacial score (nSPS) is 12.5. The summed E-state index contributed by atoms with van der Waals surface area (Å²) in [5.41, 5.74) is 0.484. The van der Waals surface area contributed by atoms with E-state index >= 15 is 0 Å². The number of halogens is 4. The molecule has 0 amide bonds. The molecule has 4 heteroatoms. The molecule has 0 saturated carbocycles. The molecular formula is C14H10ClF3. The minimum absolute atomic E-state index is 0.0684. The molecule has 0 fully saturated rings. The van der Waals surface area contributed by atoms with Crippen LogP contribution in [0.3, 0.4) is 0 Å². The highest BCUT2D eigenvalue weighted by molar-refractivity contribution is 6.22. The Balaban J connectivity index is 2.51. The summed E-state index contributed by atoms with van der Waals surface area (Å²) in [7, 11) is 0. The van der Waals surface area contributed by atoms with Crippen molar-refractivity contribution in [1.82, 2.24) is 0 Å². The second-order valence-electron chi connectivity index (χ2n) is 4.01. The van der Waals surface area contributed by atoms with Crippen LogP contribution in [-0.4, -0.2) is 0 Å². The third-order valence-corrected chi connectivity index (χ3v) is 3.20. The summed E-state index contributed by atoms with van der Waals surface area (Å²) in [6, 6.07) is 7.63. The van der Waals surface area contributed by atoms with Gasteiger partial charge in [0.05, 0.1) is 5.38 Å². The van der Waals surface area contributed by atoms with Gasteiger partial charge in [0.1, 0.15) is 17.5 Å². The predicted molar refractivity (Wildman–Crippen MR) is 65.2 cm³/mol. The van der Waals surface area contributed by atoms with Crippen LogP contribution in [0.5, 0.6) is 0 Å². The molecule has 0 aliphatic heterocycles. The van der Waals surface area contributed by atoms with Gasteiger partial charge in [0.2, 0.25) is 0 Å². The van der Waals surface area contributed by atoms with Gasteiger partial charge >= 0.3 is 0 Å². The Kier molecular flexibility index (Phi) is 3.62. The fourth-order valence-electron chi connectivity index (χ4n) is 1.74. The molecule has 0 spiro atoms. The highest BCUT2D eigenvalue weighted by atomic mass is 35.5. The van der Waals surface area contributed by atoms with Crippen LogP contribution in [0, 0.1) is 24.4 Å². The summed E-state index contributed by atoms with van der Waals surface area (Å²) in [4.78, 5) is 0. The van der Waals surface area contributed by atoms with Gasteiger partial charge in [-0.25, -0.2) is 13.2 Å². The monoisotopic (exact) mass is 270 g/mol. The molecule has 0 N–H and O–H groups in total. The molecule has 18 heavy (non-hydrogen) atoms. The molecule has 94 valence electrons. The Morgan fingerprint density at radius 2 is 1.72 bits per heavy atom. The van der Waals surface area contributed by atoms with Crippen LogP contribution in [0.25, 0.3) is 0 Å². The van der Waals surface area contributed by atoms with Crippen LogP contribution in [0.15, 0.2) is 36.4 Å². The lowest BCUT2D eigenvalue weighted by Crippen LogP contribution is -2.02. The van der Waals surface area contributed by atoms with E-state index in [1.54, 1.807) is 19.1 Å². The molecule has 0 aromatic heterocycles. The zero-order valence-electron chi connectivity index (χ0n) is 9.55. The van der Waals surface area contributed by atoms with Crippen molar-refractivity contribution in [2.24, 2.45) is 0 Å². The summed E-state index contributed by atoms with van der Waals surface area (Å²) >= 11 is 6.04. The molecule has 0 saturated heterocycles. The smallest absolute Gasteiger partial charge is 0.131 e. The standard InChI is InChI=1S/C14H10ClF3/c1-8-3-2-4-10(14(8)18)13(15)11-7-9(16)5-6-12(11)17/h2-7,13H,1H3. The molecule has 1 unspecified atom stereocenters. The highest BCUT2D eigenvalue weighted by Crippen LogP contribution is 2.33. The minimum Gasteiger partial charge on any atom is -0.207 e. The average molecular weight is 271 g/mol. The van der Waals surface area contributed by atoms with Crippen molar-refractivity contribution in [3.8, 4) is 0 Å². The number of alkyl halides is 1. The molecule has 2 aromatic rings. The number of hydrogen-bond donors (Lipinski definition) is 0. The maximum atomic E-state index is 13.9. The van der Waals surface area contributed by atoms with E-state index in [2.05, 4.69) is 0 Å². The fraction of sp³-hybridized carbons (Fsp3) is 0.143. The van der Waals surface area contributed by atoms with Crippen LogP contribution >= 0.6 is 11.6 Å². The van der Waals surface area contributed by atoms with Crippen LogP contribution < -0.4 is 0 Å². The summed E-state index contributed by atoms with van der Waals surface area (Å²) in [6.07, 6.45) is 0. The van der Waals surface area contributed by atoms with Crippen molar-refractivity contribution in [2.75, 3.05) is 0 Å². The predicted octanol–water partition coefficient (Wildman–Crippen LogP) is 4.74. The largest absolute Gasteiger partial charge is 0.207 e. The van der Waals surface area contributed by atoms with Gasteiger partial charge in [0.15, 0.2) is 0 Å². The van der Waals surface area contributed by atoms with Crippen molar-refractivity contribution < 1.29 is 13.2 Å². The van der Waals surface area contributed by atoms with Gasteiger partial charge in [-0.3, -0.25) is 0 Å². The Labute approximate surface area is 108 Å². The molecule has 0 nitrogen and oxygen atoms in total. The maximum Gasteiger partial charge on any atom is 0.131 e. The number of aryl methyl sites for hydroxylation is 1.